The summed E-state index contributed by atoms with van der Waals surface area (Å²) in [6.45, 7) is 5.16. The topological polar surface area (TPSA) is 52.6 Å². The highest BCUT2D eigenvalue weighted by molar-refractivity contribution is 7.80. The van der Waals surface area contributed by atoms with Crippen LogP contribution in [0.3, 0.4) is 0 Å². The Morgan fingerprint density at radius 2 is 2.54 bits per heavy atom. The van der Waals surface area contributed by atoms with Crippen LogP contribution in [0, 0.1) is 0 Å². The first-order chi connectivity index (χ1) is 6.11. The Hall–Kier alpha value is -0.940. The van der Waals surface area contributed by atoms with E-state index in [1.165, 1.54) is 4.90 Å². The second kappa shape index (κ2) is 3.85. The molecule has 5 heteroatoms. The first-order valence-electron chi connectivity index (χ1n) is 3.98. The molecule has 1 amide bonds. The normalized spacial score (nSPS) is 24.5. The third-order valence-electron chi connectivity index (χ3n) is 1.98. The number of thiocarbonyl (C=S) groups is 1. The van der Waals surface area contributed by atoms with Crippen molar-refractivity contribution in [2.45, 2.75) is 19.0 Å². The van der Waals surface area contributed by atoms with E-state index in [1.54, 1.807) is 6.08 Å². The van der Waals surface area contributed by atoms with Gasteiger partial charge < -0.3 is 10.4 Å². The van der Waals surface area contributed by atoms with Crippen molar-refractivity contribution in [1.29, 1.82) is 0 Å². The monoisotopic (exact) mass is 200 g/mol. The summed E-state index contributed by atoms with van der Waals surface area (Å²) in [4.78, 5) is 12.9. The molecule has 0 aromatic carbocycles. The molecule has 1 aliphatic rings. The van der Waals surface area contributed by atoms with Crippen molar-refractivity contribution in [3.05, 3.63) is 12.7 Å². The highest BCUT2D eigenvalue weighted by atomic mass is 32.1. The minimum absolute atomic E-state index is 0.135. The van der Waals surface area contributed by atoms with Crippen LogP contribution >= 0.6 is 12.2 Å². The van der Waals surface area contributed by atoms with Crippen molar-refractivity contribution in [2.75, 3.05) is 6.61 Å². The van der Waals surface area contributed by atoms with Crippen LogP contribution in [0.15, 0.2) is 12.7 Å². The number of nitrogens with zero attached hydrogens (tertiary/aromatic N) is 1. The zero-order chi connectivity index (χ0) is 10.0. The van der Waals surface area contributed by atoms with Gasteiger partial charge in [0, 0.05) is 0 Å². The fourth-order valence-electron chi connectivity index (χ4n) is 1.16. The summed E-state index contributed by atoms with van der Waals surface area (Å²) in [5.41, 5.74) is 0. The van der Waals surface area contributed by atoms with E-state index < -0.39 is 6.04 Å². The first kappa shape index (κ1) is 10.1. The van der Waals surface area contributed by atoms with Gasteiger partial charge in [0.25, 0.3) is 5.91 Å². The molecule has 2 atom stereocenters. The molecule has 0 bridgehead atoms. The number of aliphatic hydroxyl groups excluding tert-OH is 1. The Morgan fingerprint density at radius 3 is 2.92 bits per heavy atom. The number of carbonyl (C=O) groups is 1. The maximum absolute atomic E-state index is 11.5. The SMILES string of the molecule is C=CC(C)N1C(=O)[C@H](CO)NC1=S. The van der Waals surface area contributed by atoms with Crippen LogP contribution in [0.25, 0.3) is 0 Å². The number of nitrogens with one attached hydrogen (secondary N) is 1. The predicted molar refractivity (Wildman–Crippen MR) is 53.1 cm³/mol. The largest absolute Gasteiger partial charge is 0.394 e. The highest BCUT2D eigenvalue weighted by Gasteiger charge is 2.36. The molecule has 4 nitrogen and oxygen atoms in total. The number of rotatable bonds is 3. The van der Waals surface area contributed by atoms with Crippen LogP contribution < -0.4 is 5.32 Å². The summed E-state index contributed by atoms with van der Waals surface area (Å²) in [5.74, 6) is -0.195. The van der Waals surface area contributed by atoms with Gasteiger partial charge in [-0.3, -0.25) is 9.69 Å². The van der Waals surface area contributed by atoms with E-state index in [0.29, 0.717) is 5.11 Å². The van der Waals surface area contributed by atoms with E-state index >= 15 is 0 Å². The van der Waals surface area contributed by atoms with Gasteiger partial charge in [0.05, 0.1) is 12.6 Å². The molecule has 0 spiro atoms. The Labute approximate surface area is 82.2 Å². The van der Waals surface area contributed by atoms with E-state index in [-0.39, 0.29) is 18.6 Å². The Balaban J connectivity index is 2.81. The van der Waals surface area contributed by atoms with E-state index in [2.05, 4.69) is 11.9 Å². The molecular formula is C8H12N2O2S. The van der Waals surface area contributed by atoms with E-state index in [4.69, 9.17) is 17.3 Å². The molecule has 0 aromatic rings. The summed E-state index contributed by atoms with van der Waals surface area (Å²) in [6, 6.07) is -0.723. The first-order valence-corrected chi connectivity index (χ1v) is 4.39. The average molecular weight is 200 g/mol. The van der Waals surface area contributed by atoms with E-state index in [0.717, 1.165) is 0 Å². The minimum atomic E-state index is -0.588. The molecule has 0 aliphatic carbocycles. The lowest BCUT2D eigenvalue weighted by Gasteiger charge is -2.19. The van der Waals surface area contributed by atoms with Crippen molar-refractivity contribution in [3.8, 4) is 0 Å². The standard InChI is InChI=1S/C8H12N2O2S/c1-3-5(2)10-7(12)6(4-11)9-8(10)13/h3,5-6,11H,1,4H2,2H3,(H,9,13)/t5?,6-/m0/s1. The quantitative estimate of drug-likeness (QED) is 0.482. The predicted octanol–water partition coefficient (Wildman–Crippen LogP) is -0.362. The molecule has 1 aliphatic heterocycles. The molecule has 2 N–H and O–H groups in total. The van der Waals surface area contributed by atoms with Crippen LogP contribution in [0.2, 0.25) is 0 Å². The molecule has 13 heavy (non-hydrogen) atoms. The summed E-state index contributed by atoms with van der Waals surface area (Å²) >= 11 is 4.94. The lowest BCUT2D eigenvalue weighted by Crippen LogP contribution is -2.38. The van der Waals surface area contributed by atoms with Crippen molar-refractivity contribution >= 4 is 23.2 Å². The Kier molecular flexibility index (Phi) is 3.00. The summed E-state index contributed by atoms with van der Waals surface area (Å²) in [7, 11) is 0. The van der Waals surface area contributed by atoms with Gasteiger partial charge in [-0.05, 0) is 19.1 Å². The maximum atomic E-state index is 11.5. The van der Waals surface area contributed by atoms with E-state index in [1.807, 2.05) is 6.92 Å². The minimum Gasteiger partial charge on any atom is -0.394 e. The van der Waals surface area contributed by atoms with Crippen LogP contribution in [-0.2, 0) is 4.79 Å². The number of aliphatic hydroxyl groups is 1. The van der Waals surface area contributed by atoms with Crippen LogP contribution in [0.5, 0.6) is 0 Å². The molecule has 1 saturated heterocycles. The van der Waals surface area contributed by atoms with Crippen molar-refractivity contribution in [3.63, 3.8) is 0 Å². The molecule has 1 fully saturated rings. The number of hydrogen-bond donors (Lipinski definition) is 2. The second-order valence-electron chi connectivity index (χ2n) is 2.87. The Morgan fingerprint density at radius 1 is 1.92 bits per heavy atom. The smallest absolute Gasteiger partial charge is 0.254 e. The third kappa shape index (κ3) is 1.71. The molecule has 72 valence electrons. The van der Waals surface area contributed by atoms with Crippen molar-refractivity contribution in [1.82, 2.24) is 10.2 Å². The van der Waals surface area contributed by atoms with E-state index in [9.17, 15) is 4.79 Å². The summed E-state index contributed by atoms with van der Waals surface area (Å²) in [6.07, 6.45) is 1.63. The third-order valence-corrected chi connectivity index (χ3v) is 2.30. The van der Waals surface area contributed by atoms with Crippen LogP contribution in [-0.4, -0.2) is 39.7 Å². The summed E-state index contributed by atoms with van der Waals surface area (Å²) in [5, 5.41) is 11.9. The highest BCUT2D eigenvalue weighted by Crippen LogP contribution is 2.11. The average Bonchev–Trinajstić information content (AvgIpc) is 2.40. The van der Waals surface area contributed by atoms with Gasteiger partial charge >= 0.3 is 0 Å². The molecule has 0 saturated carbocycles. The molecule has 1 unspecified atom stereocenters. The van der Waals surface area contributed by atoms with Gasteiger partial charge in [0.1, 0.15) is 6.04 Å². The zero-order valence-electron chi connectivity index (χ0n) is 7.36. The number of hydrogen-bond acceptors (Lipinski definition) is 3. The van der Waals surface area contributed by atoms with Gasteiger partial charge in [0.15, 0.2) is 5.11 Å². The molecule has 1 heterocycles. The second-order valence-corrected chi connectivity index (χ2v) is 3.26. The fourth-order valence-corrected chi connectivity index (χ4v) is 1.56. The number of carbonyl (C=O) groups excluding carboxylic acids is 1. The maximum Gasteiger partial charge on any atom is 0.254 e. The zero-order valence-corrected chi connectivity index (χ0v) is 8.17. The molecular weight excluding hydrogens is 188 g/mol. The lowest BCUT2D eigenvalue weighted by molar-refractivity contribution is -0.128. The summed E-state index contributed by atoms with van der Waals surface area (Å²) < 4.78 is 0. The molecule has 0 aromatic heterocycles. The van der Waals surface area contributed by atoms with Crippen molar-refractivity contribution < 1.29 is 9.90 Å². The van der Waals surface area contributed by atoms with Crippen LogP contribution in [0.4, 0.5) is 0 Å². The van der Waals surface area contributed by atoms with Gasteiger partial charge in [-0.2, -0.15) is 0 Å². The van der Waals surface area contributed by atoms with Crippen molar-refractivity contribution in [2.24, 2.45) is 0 Å². The Bertz CT molecular complexity index is 255. The van der Waals surface area contributed by atoms with Gasteiger partial charge in [-0.15, -0.1) is 6.58 Å². The van der Waals surface area contributed by atoms with Gasteiger partial charge in [0.2, 0.25) is 0 Å². The number of amides is 1. The molecule has 0 radical (unpaired) electrons. The van der Waals surface area contributed by atoms with Crippen LogP contribution in [0.1, 0.15) is 6.92 Å². The van der Waals surface area contributed by atoms with Gasteiger partial charge in [-0.25, -0.2) is 0 Å². The fraction of sp³-hybridized carbons (Fsp3) is 0.500. The lowest BCUT2D eigenvalue weighted by atomic mass is 10.2. The molecule has 1 rings (SSSR count). The van der Waals surface area contributed by atoms with Gasteiger partial charge in [-0.1, -0.05) is 6.08 Å².